The lowest BCUT2D eigenvalue weighted by Crippen LogP contribution is -2.54. The Hall–Kier alpha value is -2.49. The minimum Gasteiger partial charge on any atom is -0.493 e. The van der Waals surface area contributed by atoms with Crippen LogP contribution in [0.15, 0.2) is 63.6 Å². The van der Waals surface area contributed by atoms with E-state index in [0.717, 1.165) is 4.47 Å². The quantitative estimate of drug-likeness (QED) is 0.246. The van der Waals surface area contributed by atoms with Gasteiger partial charge in [0.2, 0.25) is 0 Å². The fraction of sp³-hybridized carbons (Fsp3) is 0.0952. The van der Waals surface area contributed by atoms with Crippen molar-refractivity contribution in [3.63, 3.8) is 0 Å². The van der Waals surface area contributed by atoms with Crippen LogP contribution in [0.5, 0.6) is 11.5 Å². The fourth-order valence-corrected chi connectivity index (χ4v) is 4.02. The molecule has 0 bridgehead atoms. The number of halogens is 2. The molecule has 0 radical (unpaired) electrons. The van der Waals surface area contributed by atoms with E-state index in [4.69, 9.17) is 21.7 Å². The second-order valence-electron chi connectivity index (χ2n) is 6.07. The summed E-state index contributed by atoms with van der Waals surface area (Å²) in [7, 11) is 1.51. The first kappa shape index (κ1) is 22.2. The Morgan fingerprint density at radius 2 is 2.00 bits per heavy atom. The molecule has 1 aliphatic heterocycles. The van der Waals surface area contributed by atoms with Crippen LogP contribution in [-0.4, -0.2) is 30.6 Å². The second kappa shape index (κ2) is 9.55. The number of anilines is 1. The summed E-state index contributed by atoms with van der Waals surface area (Å²) < 4.78 is 12.4. The molecule has 2 aromatic rings. The van der Waals surface area contributed by atoms with E-state index in [-0.39, 0.29) is 10.7 Å². The number of methoxy groups -OCH3 is 1. The molecule has 1 N–H and O–H groups in total. The van der Waals surface area contributed by atoms with Crippen molar-refractivity contribution in [2.75, 3.05) is 18.6 Å². The molecule has 0 aromatic heterocycles. The maximum atomic E-state index is 13.1. The van der Waals surface area contributed by atoms with Crippen molar-refractivity contribution in [1.29, 1.82) is 0 Å². The molecule has 2 amide bonds. The summed E-state index contributed by atoms with van der Waals surface area (Å²) in [6.45, 7) is 3.93. The van der Waals surface area contributed by atoms with Crippen molar-refractivity contribution in [1.82, 2.24) is 5.32 Å². The third-order valence-corrected chi connectivity index (χ3v) is 5.44. The van der Waals surface area contributed by atoms with Gasteiger partial charge in [-0.2, -0.15) is 0 Å². The molecule has 0 atom stereocenters. The van der Waals surface area contributed by atoms with Gasteiger partial charge in [0.1, 0.15) is 12.2 Å². The highest BCUT2D eigenvalue weighted by Gasteiger charge is 2.34. The van der Waals surface area contributed by atoms with E-state index < -0.39 is 11.8 Å². The zero-order valence-corrected chi connectivity index (χ0v) is 19.8. The zero-order chi connectivity index (χ0) is 21.8. The molecular weight excluding hydrogens is 536 g/mol. The van der Waals surface area contributed by atoms with Gasteiger partial charge in [0.15, 0.2) is 16.6 Å². The lowest BCUT2D eigenvalue weighted by Gasteiger charge is -2.29. The number of ether oxygens (including phenoxy) is 2. The van der Waals surface area contributed by atoms with Crippen molar-refractivity contribution < 1.29 is 19.1 Å². The molecule has 2 aromatic carbocycles. The minimum absolute atomic E-state index is 0.0205. The number of nitrogens with one attached hydrogen (secondary N) is 1. The van der Waals surface area contributed by atoms with Crippen molar-refractivity contribution in [3.8, 4) is 11.5 Å². The monoisotopic (exact) mass is 550 g/mol. The Kier molecular flexibility index (Phi) is 7.06. The van der Waals surface area contributed by atoms with Crippen molar-refractivity contribution in [3.05, 3.63) is 69.1 Å². The van der Waals surface area contributed by atoms with Crippen molar-refractivity contribution in [2.24, 2.45) is 0 Å². The topological polar surface area (TPSA) is 67.9 Å². The molecule has 9 heteroatoms. The summed E-state index contributed by atoms with van der Waals surface area (Å²) in [5, 5.41) is 2.59. The third kappa shape index (κ3) is 4.63. The van der Waals surface area contributed by atoms with E-state index in [9.17, 15) is 9.59 Å². The zero-order valence-electron chi connectivity index (χ0n) is 15.8. The Bertz CT molecular complexity index is 1080. The standard InChI is InChI=1S/C21H16Br2N2O4S/c1-3-7-29-18-16(23)9-12(10-17(18)28-2)8-15-19(26)24-21(30)25(20(15)27)14-6-4-5-13(22)11-14/h3-6,8-11H,1,7H2,2H3,(H,24,26,30)/b15-8+. The molecule has 1 heterocycles. The number of benzene rings is 2. The number of nitrogens with zero attached hydrogens (tertiary/aromatic N) is 1. The molecule has 154 valence electrons. The molecule has 6 nitrogen and oxygen atoms in total. The average Bonchev–Trinajstić information content (AvgIpc) is 2.70. The van der Waals surface area contributed by atoms with Crippen LogP contribution >= 0.6 is 44.1 Å². The molecule has 1 saturated heterocycles. The van der Waals surface area contributed by atoms with Gasteiger partial charge in [-0.15, -0.1) is 0 Å². The molecule has 0 spiro atoms. The van der Waals surface area contributed by atoms with Gasteiger partial charge in [0.25, 0.3) is 11.8 Å². The van der Waals surface area contributed by atoms with E-state index in [0.29, 0.717) is 33.8 Å². The summed E-state index contributed by atoms with van der Waals surface area (Å²) in [6.07, 6.45) is 3.10. The molecule has 0 unspecified atom stereocenters. The summed E-state index contributed by atoms with van der Waals surface area (Å²) in [5.74, 6) is -0.153. The lowest BCUT2D eigenvalue weighted by atomic mass is 10.1. The predicted molar refractivity (Wildman–Crippen MR) is 127 cm³/mol. The fourth-order valence-electron chi connectivity index (χ4n) is 2.78. The summed E-state index contributed by atoms with van der Waals surface area (Å²) in [6, 6.07) is 10.5. The van der Waals surface area contributed by atoms with Gasteiger partial charge in [-0.3, -0.25) is 19.8 Å². The molecule has 3 rings (SSSR count). The first-order chi connectivity index (χ1) is 14.3. The maximum absolute atomic E-state index is 13.1. The van der Waals surface area contributed by atoms with Crippen LogP contribution < -0.4 is 19.7 Å². The first-order valence-electron chi connectivity index (χ1n) is 8.64. The normalized spacial score (nSPS) is 15.2. The van der Waals surface area contributed by atoms with E-state index in [1.165, 1.54) is 18.1 Å². The van der Waals surface area contributed by atoms with E-state index in [1.54, 1.807) is 36.4 Å². The number of hydrogen-bond acceptors (Lipinski definition) is 5. The Morgan fingerprint density at radius 3 is 2.67 bits per heavy atom. The average molecular weight is 552 g/mol. The highest BCUT2D eigenvalue weighted by atomic mass is 79.9. The number of hydrogen-bond donors (Lipinski definition) is 1. The maximum Gasteiger partial charge on any atom is 0.270 e. The van der Waals surface area contributed by atoms with Crippen LogP contribution in [0.3, 0.4) is 0 Å². The second-order valence-corrected chi connectivity index (χ2v) is 8.23. The Morgan fingerprint density at radius 1 is 1.23 bits per heavy atom. The Labute approximate surface area is 195 Å². The summed E-state index contributed by atoms with van der Waals surface area (Å²) in [4.78, 5) is 26.9. The molecule has 30 heavy (non-hydrogen) atoms. The summed E-state index contributed by atoms with van der Waals surface area (Å²) >= 11 is 12.0. The first-order valence-corrected chi connectivity index (χ1v) is 10.6. The molecule has 1 fully saturated rings. The van der Waals surface area contributed by atoms with Gasteiger partial charge in [0.05, 0.1) is 17.3 Å². The van der Waals surface area contributed by atoms with Gasteiger partial charge in [-0.05, 0) is 70.1 Å². The van der Waals surface area contributed by atoms with Gasteiger partial charge < -0.3 is 9.47 Å². The van der Waals surface area contributed by atoms with Gasteiger partial charge in [-0.1, -0.05) is 34.7 Å². The van der Waals surface area contributed by atoms with Crippen LogP contribution in [0.4, 0.5) is 5.69 Å². The third-order valence-electron chi connectivity index (χ3n) is 4.08. The van der Waals surface area contributed by atoms with Crippen LogP contribution in [0.2, 0.25) is 0 Å². The SMILES string of the molecule is C=CCOc1c(Br)cc(/C=C2\C(=O)NC(=S)N(c3cccc(Br)c3)C2=O)cc1OC. The molecular formula is C21H16Br2N2O4S. The number of carbonyl (C=O) groups excluding carboxylic acids is 2. The van der Waals surface area contributed by atoms with Crippen molar-refractivity contribution in [2.45, 2.75) is 0 Å². The highest BCUT2D eigenvalue weighted by molar-refractivity contribution is 9.10. The van der Waals surface area contributed by atoms with Gasteiger partial charge in [-0.25, -0.2) is 0 Å². The molecule has 0 aliphatic carbocycles. The van der Waals surface area contributed by atoms with Crippen LogP contribution in [0.25, 0.3) is 6.08 Å². The summed E-state index contributed by atoms with van der Waals surface area (Å²) in [5.41, 5.74) is 1.06. The number of rotatable bonds is 6. The van der Waals surface area contributed by atoms with Gasteiger partial charge >= 0.3 is 0 Å². The van der Waals surface area contributed by atoms with E-state index in [1.807, 2.05) is 6.07 Å². The highest BCUT2D eigenvalue weighted by Crippen LogP contribution is 2.37. The van der Waals surface area contributed by atoms with E-state index in [2.05, 4.69) is 43.8 Å². The van der Waals surface area contributed by atoms with Crippen LogP contribution in [0, 0.1) is 0 Å². The smallest absolute Gasteiger partial charge is 0.270 e. The Balaban J connectivity index is 2.02. The van der Waals surface area contributed by atoms with Crippen molar-refractivity contribution >= 4 is 72.8 Å². The van der Waals surface area contributed by atoms with Gasteiger partial charge in [0, 0.05) is 4.47 Å². The lowest BCUT2D eigenvalue weighted by molar-refractivity contribution is -0.122. The number of amides is 2. The number of carbonyl (C=O) groups is 2. The minimum atomic E-state index is -0.571. The van der Waals surface area contributed by atoms with Crippen LogP contribution in [-0.2, 0) is 9.59 Å². The molecule has 0 saturated carbocycles. The number of thiocarbonyl (C=S) groups is 1. The molecule has 1 aliphatic rings. The largest absolute Gasteiger partial charge is 0.493 e. The van der Waals surface area contributed by atoms with Crippen LogP contribution in [0.1, 0.15) is 5.56 Å². The van der Waals surface area contributed by atoms with E-state index >= 15 is 0 Å². The predicted octanol–water partition coefficient (Wildman–Crippen LogP) is 4.62.